The number of hydrogen-bond acceptors (Lipinski definition) is 1. The molecule has 0 aromatic heterocycles. The molecule has 4 heteroatoms. The highest BCUT2D eigenvalue weighted by atomic mass is 19.1. The van der Waals surface area contributed by atoms with Gasteiger partial charge < -0.3 is 5.32 Å². The lowest BCUT2D eigenvalue weighted by Gasteiger charge is -2.36. The standard InChI is InChI=1S/C12H13F2NO/c1-12(7-6-10(14)11(16)15-12)8-4-2-3-5-9(8)13/h2-5,10H,6-7H2,1H3,(H,15,16)/t10?,12-/m0/s1. The van der Waals surface area contributed by atoms with Crippen molar-refractivity contribution in [1.29, 1.82) is 0 Å². The highest BCUT2D eigenvalue weighted by Crippen LogP contribution is 2.32. The second-order valence-corrected chi connectivity index (χ2v) is 4.31. The van der Waals surface area contributed by atoms with E-state index in [-0.39, 0.29) is 12.2 Å². The number of amides is 1. The Morgan fingerprint density at radius 3 is 2.75 bits per heavy atom. The molecular weight excluding hydrogens is 212 g/mol. The first kappa shape index (κ1) is 11.0. The number of halogens is 2. The topological polar surface area (TPSA) is 29.1 Å². The maximum Gasteiger partial charge on any atom is 0.255 e. The summed E-state index contributed by atoms with van der Waals surface area (Å²) in [4.78, 5) is 11.3. The predicted molar refractivity (Wildman–Crippen MR) is 56.0 cm³/mol. The fourth-order valence-corrected chi connectivity index (χ4v) is 2.07. The van der Waals surface area contributed by atoms with E-state index in [0.717, 1.165) is 0 Å². The van der Waals surface area contributed by atoms with E-state index in [1.807, 2.05) is 0 Å². The van der Waals surface area contributed by atoms with E-state index < -0.39 is 17.6 Å². The molecule has 1 amide bonds. The lowest BCUT2D eigenvalue weighted by atomic mass is 9.83. The van der Waals surface area contributed by atoms with Crippen molar-refractivity contribution in [2.24, 2.45) is 0 Å². The van der Waals surface area contributed by atoms with E-state index in [9.17, 15) is 13.6 Å². The Hall–Kier alpha value is -1.45. The molecule has 1 fully saturated rings. The lowest BCUT2D eigenvalue weighted by Crippen LogP contribution is -2.51. The summed E-state index contributed by atoms with van der Waals surface area (Å²) in [6.45, 7) is 1.72. The minimum Gasteiger partial charge on any atom is -0.344 e. The van der Waals surface area contributed by atoms with E-state index in [4.69, 9.17) is 0 Å². The molecule has 16 heavy (non-hydrogen) atoms. The van der Waals surface area contributed by atoms with Gasteiger partial charge in [-0.3, -0.25) is 4.79 Å². The SMILES string of the molecule is C[C@@]1(c2ccccc2F)CCC(F)C(=O)N1. The molecule has 1 N–H and O–H groups in total. The summed E-state index contributed by atoms with van der Waals surface area (Å²) in [7, 11) is 0. The number of nitrogens with one attached hydrogen (secondary N) is 1. The minimum atomic E-state index is -1.47. The van der Waals surface area contributed by atoms with Gasteiger partial charge in [0, 0.05) is 5.56 Å². The summed E-state index contributed by atoms with van der Waals surface area (Å²) in [6.07, 6.45) is -0.933. The zero-order valence-electron chi connectivity index (χ0n) is 8.97. The first-order chi connectivity index (χ1) is 7.53. The molecule has 1 aliphatic heterocycles. The van der Waals surface area contributed by atoms with Crippen LogP contribution in [-0.4, -0.2) is 12.1 Å². The third-order valence-corrected chi connectivity index (χ3v) is 3.05. The molecule has 2 atom stereocenters. The number of carbonyl (C=O) groups is 1. The van der Waals surface area contributed by atoms with Crippen molar-refractivity contribution >= 4 is 5.91 Å². The molecule has 86 valence electrons. The molecular formula is C12H13F2NO. The van der Waals surface area contributed by atoms with Crippen molar-refractivity contribution in [3.8, 4) is 0 Å². The number of piperidine rings is 1. The molecule has 0 aliphatic carbocycles. The van der Waals surface area contributed by atoms with Crippen LogP contribution in [0.15, 0.2) is 24.3 Å². The predicted octanol–water partition coefficient (Wildman–Crippen LogP) is 2.29. The second-order valence-electron chi connectivity index (χ2n) is 4.31. The van der Waals surface area contributed by atoms with Crippen LogP contribution in [0.4, 0.5) is 8.78 Å². The third kappa shape index (κ3) is 1.79. The summed E-state index contributed by atoms with van der Waals surface area (Å²) in [5, 5.41) is 2.55. The largest absolute Gasteiger partial charge is 0.344 e. The van der Waals surface area contributed by atoms with E-state index in [2.05, 4.69) is 5.32 Å². The van der Waals surface area contributed by atoms with Crippen LogP contribution in [0.25, 0.3) is 0 Å². The highest BCUT2D eigenvalue weighted by Gasteiger charge is 2.38. The van der Waals surface area contributed by atoms with Crippen LogP contribution < -0.4 is 5.32 Å². The number of hydrogen-bond donors (Lipinski definition) is 1. The average molecular weight is 225 g/mol. The van der Waals surface area contributed by atoms with Crippen LogP contribution in [0.1, 0.15) is 25.3 Å². The first-order valence-electron chi connectivity index (χ1n) is 5.24. The van der Waals surface area contributed by atoms with Crippen molar-refractivity contribution in [2.75, 3.05) is 0 Å². The zero-order valence-corrected chi connectivity index (χ0v) is 8.97. The van der Waals surface area contributed by atoms with Crippen LogP contribution in [0.3, 0.4) is 0 Å². The molecule has 2 nitrogen and oxygen atoms in total. The van der Waals surface area contributed by atoms with Gasteiger partial charge in [0.1, 0.15) is 5.82 Å². The molecule has 1 saturated heterocycles. The molecule has 1 unspecified atom stereocenters. The van der Waals surface area contributed by atoms with Crippen LogP contribution >= 0.6 is 0 Å². The Morgan fingerprint density at radius 1 is 1.44 bits per heavy atom. The van der Waals surface area contributed by atoms with Crippen LogP contribution in [-0.2, 0) is 10.3 Å². The minimum absolute atomic E-state index is 0.136. The van der Waals surface area contributed by atoms with E-state index in [0.29, 0.717) is 12.0 Å². The van der Waals surface area contributed by atoms with Crippen LogP contribution in [0.5, 0.6) is 0 Å². The van der Waals surface area contributed by atoms with Crippen LogP contribution in [0, 0.1) is 5.82 Å². The molecule has 0 spiro atoms. The van der Waals surface area contributed by atoms with Gasteiger partial charge in [-0.25, -0.2) is 8.78 Å². The number of alkyl halides is 1. The van der Waals surface area contributed by atoms with Gasteiger partial charge in [0.2, 0.25) is 0 Å². The Labute approximate surface area is 92.7 Å². The zero-order chi connectivity index (χ0) is 11.8. The number of benzene rings is 1. The maximum atomic E-state index is 13.6. The molecule has 0 saturated carbocycles. The Kier molecular flexibility index (Phi) is 2.66. The average Bonchev–Trinajstić information content (AvgIpc) is 2.25. The van der Waals surface area contributed by atoms with Gasteiger partial charge in [0.15, 0.2) is 6.17 Å². The van der Waals surface area contributed by atoms with Gasteiger partial charge in [-0.2, -0.15) is 0 Å². The Balaban J connectivity index is 2.33. The fraction of sp³-hybridized carbons (Fsp3) is 0.417. The van der Waals surface area contributed by atoms with Crippen molar-refractivity contribution in [3.05, 3.63) is 35.6 Å². The van der Waals surface area contributed by atoms with E-state index in [1.54, 1.807) is 25.1 Å². The summed E-state index contributed by atoms with van der Waals surface area (Å²) >= 11 is 0. The molecule has 1 aromatic rings. The Morgan fingerprint density at radius 2 is 2.12 bits per heavy atom. The quantitative estimate of drug-likeness (QED) is 0.780. The van der Waals surface area contributed by atoms with E-state index in [1.165, 1.54) is 6.07 Å². The van der Waals surface area contributed by atoms with Crippen molar-refractivity contribution < 1.29 is 13.6 Å². The van der Waals surface area contributed by atoms with Crippen molar-refractivity contribution in [2.45, 2.75) is 31.5 Å². The smallest absolute Gasteiger partial charge is 0.255 e. The van der Waals surface area contributed by atoms with Gasteiger partial charge in [-0.1, -0.05) is 18.2 Å². The molecule has 0 bridgehead atoms. The number of carbonyl (C=O) groups excluding carboxylic acids is 1. The van der Waals surface area contributed by atoms with Gasteiger partial charge in [-0.15, -0.1) is 0 Å². The van der Waals surface area contributed by atoms with Gasteiger partial charge in [0.25, 0.3) is 5.91 Å². The molecule has 2 rings (SSSR count). The highest BCUT2D eigenvalue weighted by molar-refractivity contribution is 5.82. The fourth-order valence-electron chi connectivity index (χ4n) is 2.07. The third-order valence-electron chi connectivity index (χ3n) is 3.05. The monoisotopic (exact) mass is 225 g/mol. The van der Waals surface area contributed by atoms with E-state index >= 15 is 0 Å². The molecule has 1 aromatic carbocycles. The van der Waals surface area contributed by atoms with Crippen molar-refractivity contribution in [3.63, 3.8) is 0 Å². The van der Waals surface area contributed by atoms with Gasteiger partial charge in [-0.05, 0) is 25.8 Å². The molecule has 1 aliphatic rings. The van der Waals surface area contributed by atoms with Gasteiger partial charge >= 0.3 is 0 Å². The Bertz CT molecular complexity index is 421. The first-order valence-corrected chi connectivity index (χ1v) is 5.24. The summed E-state index contributed by atoms with van der Waals surface area (Å²) in [6, 6.07) is 6.25. The summed E-state index contributed by atoms with van der Waals surface area (Å²) in [5.41, 5.74) is -0.388. The molecule has 1 heterocycles. The normalized spacial score (nSPS) is 29.9. The van der Waals surface area contributed by atoms with Crippen molar-refractivity contribution in [1.82, 2.24) is 5.32 Å². The number of rotatable bonds is 1. The molecule has 0 radical (unpaired) electrons. The summed E-state index contributed by atoms with van der Waals surface area (Å²) < 4.78 is 26.6. The lowest BCUT2D eigenvalue weighted by molar-refractivity contribution is -0.131. The van der Waals surface area contributed by atoms with Gasteiger partial charge in [0.05, 0.1) is 5.54 Å². The second kappa shape index (κ2) is 3.85. The van der Waals surface area contributed by atoms with Crippen LogP contribution in [0.2, 0.25) is 0 Å². The maximum absolute atomic E-state index is 13.6. The summed E-state index contributed by atoms with van der Waals surface area (Å²) in [5.74, 6) is -1.03.